The van der Waals surface area contributed by atoms with Gasteiger partial charge in [0.2, 0.25) is 11.8 Å². The topological polar surface area (TPSA) is 188 Å². The number of rotatable bonds is 10. The summed E-state index contributed by atoms with van der Waals surface area (Å²) in [5.74, 6) is -2.80. The number of carboxylic acids is 1. The highest BCUT2D eigenvalue weighted by Gasteiger charge is 2.32. The van der Waals surface area contributed by atoms with Crippen LogP contribution in [0.2, 0.25) is 0 Å². The Morgan fingerprint density at radius 2 is 1.80 bits per heavy atom. The van der Waals surface area contributed by atoms with Gasteiger partial charge in [0.05, 0.1) is 12.1 Å². The third-order valence-corrected chi connectivity index (χ3v) is 7.45. The highest BCUT2D eigenvalue weighted by molar-refractivity contribution is 5.99. The lowest BCUT2D eigenvalue weighted by atomic mass is 10.1. The van der Waals surface area contributed by atoms with E-state index in [2.05, 4.69) is 15.6 Å². The van der Waals surface area contributed by atoms with Crippen LogP contribution in [0.5, 0.6) is 5.75 Å². The van der Waals surface area contributed by atoms with Crippen molar-refractivity contribution in [2.75, 3.05) is 52.5 Å². The third kappa shape index (κ3) is 7.71. The second-order valence-electron chi connectivity index (χ2n) is 10.3. The number of nitrogens with zero attached hydrogens (tertiary/aromatic N) is 4. The number of ether oxygens (including phenoxy) is 2. The lowest BCUT2D eigenvalue weighted by molar-refractivity contribution is -0.143. The summed E-state index contributed by atoms with van der Waals surface area (Å²) < 4.78 is 10.9. The van der Waals surface area contributed by atoms with Crippen LogP contribution < -0.4 is 15.4 Å². The molecule has 2 aliphatic rings. The number of pyridine rings is 1. The van der Waals surface area contributed by atoms with Gasteiger partial charge in [-0.25, -0.2) is 9.78 Å². The van der Waals surface area contributed by atoms with E-state index >= 15 is 0 Å². The number of para-hydroxylation sites is 1. The molecule has 5 amide bonds. The standard InChI is InChI=1S/C29H36N6O9/c1-3-43-29(42)34-14-12-33(13-15-34)28(41)21(8-9-25(37)38)32-27(40)22-16-23(19-6-4-5-7-20(19)31-22)44-17-24(36)35-11-10-30-26(39)18(35)2/h4-7,16,18,21H,3,8-15,17H2,1-2H3,(H,30,39)(H,32,40)(H,37,38)/t18-,21-/m0/s1. The van der Waals surface area contributed by atoms with Crippen molar-refractivity contribution in [1.82, 2.24) is 30.3 Å². The Labute approximate surface area is 253 Å². The number of carboxylic acid groups (broad SMARTS) is 1. The van der Waals surface area contributed by atoms with Gasteiger partial charge in [0.1, 0.15) is 23.5 Å². The van der Waals surface area contributed by atoms with Crippen LogP contribution in [0.25, 0.3) is 10.9 Å². The summed E-state index contributed by atoms with van der Waals surface area (Å²) in [5, 5.41) is 15.1. The molecule has 3 heterocycles. The van der Waals surface area contributed by atoms with Crippen molar-refractivity contribution in [2.45, 2.75) is 38.8 Å². The number of amides is 5. The number of carbonyl (C=O) groups is 6. The highest BCUT2D eigenvalue weighted by atomic mass is 16.6. The molecule has 15 nitrogen and oxygen atoms in total. The molecule has 4 rings (SSSR count). The largest absolute Gasteiger partial charge is 0.483 e. The first-order chi connectivity index (χ1) is 21.1. The molecule has 0 bridgehead atoms. The van der Waals surface area contributed by atoms with Crippen LogP contribution in [0.3, 0.4) is 0 Å². The number of piperazine rings is 2. The molecule has 2 fully saturated rings. The average molecular weight is 613 g/mol. The summed E-state index contributed by atoms with van der Waals surface area (Å²) in [7, 11) is 0. The summed E-state index contributed by atoms with van der Waals surface area (Å²) >= 11 is 0. The molecule has 0 aliphatic carbocycles. The molecule has 0 radical (unpaired) electrons. The van der Waals surface area contributed by atoms with Gasteiger partial charge in [-0.3, -0.25) is 24.0 Å². The van der Waals surface area contributed by atoms with E-state index in [1.807, 2.05) is 0 Å². The summed E-state index contributed by atoms with van der Waals surface area (Å²) in [6.45, 7) is 4.68. The molecule has 44 heavy (non-hydrogen) atoms. The number of nitrogens with one attached hydrogen (secondary N) is 2. The molecule has 0 spiro atoms. The van der Waals surface area contributed by atoms with Crippen LogP contribution in [0.4, 0.5) is 4.79 Å². The predicted molar refractivity (Wildman–Crippen MR) is 155 cm³/mol. The zero-order valence-electron chi connectivity index (χ0n) is 24.6. The molecule has 15 heteroatoms. The Morgan fingerprint density at radius 1 is 1.09 bits per heavy atom. The Kier molecular flexibility index (Phi) is 10.5. The molecule has 2 aromatic rings. The maximum Gasteiger partial charge on any atom is 0.409 e. The van der Waals surface area contributed by atoms with Crippen LogP contribution in [-0.2, 0) is 23.9 Å². The Balaban J connectivity index is 1.49. The third-order valence-electron chi connectivity index (χ3n) is 7.45. The average Bonchev–Trinajstić information content (AvgIpc) is 3.02. The smallest absolute Gasteiger partial charge is 0.409 e. The van der Waals surface area contributed by atoms with Gasteiger partial charge in [0.15, 0.2) is 6.61 Å². The van der Waals surface area contributed by atoms with Crippen molar-refractivity contribution in [1.29, 1.82) is 0 Å². The van der Waals surface area contributed by atoms with Gasteiger partial charge in [0.25, 0.3) is 11.8 Å². The van der Waals surface area contributed by atoms with E-state index in [0.29, 0.717) is 24.0 Å². The predicted octanol–water partition coefficient (Wildman–Crippen LogP) is 0.224. The van der Waals surface area contributed by atoms with E-state index in [-0.39, 0.29) is 69.6 Å². The van der Waals surface area contributed by atoms with Crippen LogP contribution >= 0.6 is 0 Å². The van der Waals surface area contributed by atoms with E-state index in [1.165, 1.54) is 20.8 Å². The Bertz CT molecular complexity index is 1430. The number of hydrogen-bond acceptors (Lipinski definition) is 9. The minimum absolute atomic E-state index is 0.0999. The fourth-order valence-corrected chi connectivity index (χ4v) is 5.03. The number of aliphatic carboxylic acids is 1. The summed E-state index contributed by atoms with van der Waals surface area (Å²) in [4.78, 5) is 83.8. The van der Waals surface area contributed by atoms with Gasteiger partial charge in [-0.2, -0.15) is 0 Å². The van der Waals surface area contributed by atoms with Crippen molar-refractivity contribution in [3.05, 3.63) is 36.0 Å². The fourth-order valence-electron chi connectivity index (χ4n) is 5.03. The second-order valence-corrected chi connectivity index (χ2v) is 10.3. The highest BCUT2D eigenvalue weighted by Crippen LogP contribution is 2.26. The SMILES string of the molecule is CCOC(=O)N1CCN(C(=O)[C@H](CCC(=O)O)NC(=O)c2cc(OCC(=O)N3CCNC(=O)[C@@H]3C)c3ccccc3n2)CC1. The molecule has 2 saturated heterocycles. The number of hydrogen-bond donors (Lipinski definition) is 3. The zero-order valence-corrected chi connectivity index (χ0v) is 24.6. The summed E-state index contributed by atoms with van der Waals surface area (Å²) in [6.07, 6.45) is -1.01. The van der Waals surface area contributed by atoms with E-state index in [0.717, 1.165) is 0 Å². The first-order valence-corrected chi connectivity index (χ1v) is 14.4. The summed E-state index contributed by atoms with van der Waals surface area (Å²) in [5.41, 5.74) is 0.300. The van der Waals surface area contributed by atoms with E-state index < -0.39 is 41.9 Å². The second kappa shape index (κ2) is 14.5. The molecule has 1 aromatic carbocycles. The molecule has 0 unspecified atom stereocenters. The molecule has 2 aliphatic heterocycles. The molecular weight excluding hydrogens is 576 g/mol. The number of aromatic nitrogens is 1. The first-order valence-electron chi connectivity index (χ1n) is 14.4. The van der Waals surface area contributed by atoms with Gasteiger partial charge >= 0.3 is 12.1 Å². The Morgan fingerprint density at radius 3 is 2.50 bits per heavy atom. The molecular formula is C29H36N6O9. The number of benzene rings is 1. The van der Waals surface area contributed by atoms with Crippen molar-refractivity contribution in [2.24, 2.45) is 0 Å². The van der Waals surface area contributed by atoms with Crippen molar-refractivity contribution >= 4 is 46.6 Å². The molecule has 2 atom stereocenters. The monoisotopic (exact) mass is 612 g/mol. The zero-order chi connectivity index (χ0) is 31.8. The first kappa shape index (κ1) is 32.0. The van der Waals surface area contributed by atoms with Gasteiger partial charge < -0.3 is 39.9 Å². The minimum atomic E-state index is -1.17. The van der Waals surface area contributed by atoms with Crippen LogP contribution in [0.1, 0.15) is 37.2 Å². The van der Waals surface area contributed by atoms with Crippen molar-refractivity contribution in [3.63, 3.8) is 0 Å². The lowest BCUT2D eigenvalue weighted by Crippen LogP contribution is -2.56. The van der Waals surface area contributed by atoms with Gasteiger partial charge in [-0.1, -0.05) is 12.1 Å². The van der Waals surface area contributed by atoms with Gasteiger partial charge in [0, 0.05) is 57.1 Å². The minimum Gasteiger partial charge on any atom is -0.483 e. The van der Waals surface area contributed by atoms with Crippen LogP contribution in [0.15, 0.2) is 30.3 Å². The van der Waals surface area contributed by atoms with Crippen LogP contribution in [0, 0.1) is 0 Å². The molecule has 3 N–H and O–H groups in total. The van der Waals surface area contributed by atoms with Crippen molar-refractivity contribution < 1.29 is 43.3 Å². The van der Waals surface area contributed by atoms with Gasteiger partial charge in [-0.05, 0) is 32.4 Å². The molecule has 0 saturated carbocycles. The maximum absolute atomic E-state index is 13.4. The lowest BCUT2D eigenvalue weighted by Gasteiger charge is -2.35. The van der Waals surface area contributed by atoms with Gasteiger partial charge in [-0.15, -0.1) is 0 Å². The fraction of sp³-hybridized carbons (Fsp3) is 0.483. The van der Waals surface area contributed by atoms with Crippen molar-refractivity contribution in [3.8, 4) is 5.75 Å². The number of carbonyl (C=O) groups excluding carboxylic acids is 5. The Hall–Kier alpha value is -4.95. The number of fused-ring (bicyclic) bond motifs is 1. The quantitative estimate of drug-likeness (QED) is 0.335. The molecule has 236 valence electrons. The van der Waals surface area contributed by atoms with Crippen LogP contribution in [-0.4, -0.2) is 125 Å². The van der Waals surface area contributed by atoms with E-state index in [4.69, 9.17) is 9.47 Å². The van der Waals surface area contributed by atoms with E-state index in [1.54, 1.807) is 38.1 Å². The van der Waals surface area contributed by atoms with E-state index in [9.17, 15) is 33.9 Å². The summed E-state index contributed by atoms with van der Waals surface area (Å²) in [6, 6.07) is 6.38. The maximum atomic E-state index is 13.4. The normalized spacial score (nSPS) is 17.5. The molecule has 1 aromatic heterocycles.